The Hall–Kier alpha value is -2.49. The van der Waals surface area contributed by atoms with Gasteiger partial charge in [0.25, 0.3) is 0 Å². The maximum atomic E-state index is 11.7. The molecule has 2 aromatic rings. The molecule has 2 aliphatic rings. The van der Waals surface area contributed by atoms with Crippen molar-refractivity contribution in [3.05, 3.63) is 59.7 Å². The van der Waals surface area contributed by atoms with Crippen molar-refractivity contribution in [2.24, 2.45) is 0 Å². The van der Waals surface area contributed by atoms with Crippen LogP contribution in [0.25, 0.3) is 0 Å². The summed E-state index contributed by atoms with van der Waals surface area (Å²) in [4.78, 5) is 14.2. The highest BCUT2D eigenvalue weighted by Crippen LogP contribution is 2.47. The highest BCUT2D eigenvalue weighted by atomic mass is 16.5. The van der Waals surface area contributed by atoms with Crippen LogP contribution in [0.2, 0.25) is 0 Å². The molecule has 1 aliphatic heterocycles. The number of para-hydroxylation sites is 1. The van der Waals surface area contributed by atoms with E-state index in [9.17, 15) is 4.79 Å². The number of fused-ring (bicyclic) bond motifs is 1. The van der Waals surface area contributed by atoms with Gasteiger partial charge in [0.1, 0.15) is 12.4 Å². The summed E-state index contributed by atoms with van der Waals surface area (Å²) >= 11 is 0. The van der Waals surface area contributed by atoms with Crippen molar-refractivity contribution in [1.29, 1.82) is 0 Å². The van der Waals surface area contributed by atoms with Crippen LogP contribution in [0.5, 0.6) is 5.75 Å². The number of ether oxygens (including phenoxy) is 2. The predicted octanol–water partition coefficient (Wildman–Crippen LogP) is 3.40. The molecule has 0 amide bonds. The smallest absolute Gasteiger partial charge is 0.337 e. The fourth-order valence-electron chi connectivity index (χ4n) is 3.22. The summed E-state index contributed by atoms with van der Waals surface area (Å²) in [6.07, 6.45) is 2.28. The van der Waals surface area contributed by atoms with E-state index in [4.69, 9.17) is 9.47 Å². The molecule has 1 saturated carbocycles. The summed E-state index contributed by atoms with van der Waals surface area (Å²) in [7, 11) is 1.39. The zero-order valence-electron chi connectivity index (χ0n) is 13.1. The van der Waals surface area contributed by atoms with Crippen molar-refractivity contribution in [1.82, 2.24) is 0 Å². The van der Waals surface area contributed by atoms with Gasteiger partial charge in [0, 0.05) is 17.8 Å². The molecule has 4 nitrogen and oxygen atoms in total. The first-order valence-corrected chi connectivity index (χ1v) is 7.89. The molecule has 0 radical (unpaired) electrons. The van der Waals surface area contributed by atoms with E-state index in [1.165, 1.54) is 12.8 Å². The van der Waals surface area contributed by atoms with Gasteiger partial charge in [-0.25, -0.2) is 4.79 Å². The molecule has 0 saturated heterocycles. The monoisotopic (exact) mass is 309 g/mol. The Morgan fingerprint density at radius 3 is 2.65 bits per heavy atom. The van der Waals surface area contributed by atoms with Gasteiger partial charge in [0.15, 0.2) is 0 Å². The SMILES string of the molecule is COC(=O)c1ccc2c(c1)OCC1(CC1)N(c1ccccc1)C2. The van der Waals surface area contributed by atoms with Crippen LogP contribution in [0.4, 0.5) is 5.69 Å². The lowest BCUT2D eigenvalue weighted by Crippen LogP contribution is -2.39. The molecule has 0 atom stereocenters. The summed E-state index contributed by atoms with van der Waals surface area (Å²) in [5.74, 6) is 0.458. The maximum absolute atomic E-state index is 11.7. The van der Waals surface area contributed by atoms with Crippen LogP contribution in [0.15, 0.2) is 48.5 Å². The second kappa shape index (κ2) is 5.30. The Kier molecular flexibility index (Phi) is 3.26. The highest BCUT2D eigenvalue weighted by molar-refractivity contribution is 5.90. The Bertz CT molecular complexity index is 738. The molecule has 1 aliphatic carbocycles. The molecule has 1 fully saturated rings. The average molecular weight is 309 g/mol. The third kappa shape index (κ3) is 2.44. The average Bonchev–Trinajstić information content (AvgIpc) is 3.41. The van der Waals surface area contributed by atoms with E-state index in [-0.39, 0.29) is 11.5 Å². The Morgan fingerprint density at radius 2 is 1.96 bits per heavy atom. The van der Waals surface area contributed by atoms with Crippen LogP contribution in [-0.4, -0.2) is 25.2 Å². The van der Waals surface area contributed by atoms with Gasteiger partial charge in [-0.3, -0.25) is 0 Å². The van der Waals surface area contributed by atoms with Crippen molar-refractivity contribution in [3.63, 3.8) is 0 Å². The minimum absolute atomic E-state index is 0.0891. The molecule has 0 unspecified atom stereocenters. The number of benzene rings is 2. The van der Waals surface area contributed by atoms with Crippen LogP contribution in [0.1, 0.15) is 28.8 Å². The summed E-state index contributed by atoms with van der Waals surface area (Å²) in [5, 5.41) is 0. The first-order valence-electron chi connectivity index (χ1n) is 7.89. The number of hydrogen-bond acceptors (Lipinski definition) is 4. The third-order valence-corrected chi connectivity index (χ3v) is 4.78. The van der Waals surface area contributed by atoms with E-state index in [0.29, 0.717) is 12.2 Å². The quantitative estimate of drug-likeness (QED) is 0.797. The fraction of sp³-hybridized carbons (Fsp3) is 0.316. The minimum atomic E-state index is -0.332. The van der Waals surface area contributed by atoms with Crippen LogP contribution < -0.4 is 9.64 Å². The molecule has 0 aromatic heterocycles. The van der Waals surface area contributed by atoms with Gasteiger partial charge in [-0.2, -0.15) is 0 Å². The number of hydrogen-bond donors (Lipinski definition) is 0. The van der Waals surface area contributed by atoms with Gasteiger partial charge in [-0.05, 0) is 37.1 Å². The first kappa shape index (κ1) is 14.1. The molecule has 23 heavy (non-hydrogen) atoms. The summed E-state index contributed by atoms with van der Waals surface area (Å²) < 4.78 is 10.9. The first-order chi connectivity index (χ1) is 11.2. The number of esters is 1. The van der Waals surface area contributed by atoms with E-state index in [2.05, 4.69) is 29.2 Å². The zero-order valence-corrected chi connectivity index (χ0v) is 13.1. The maximum Gasteiger partial charge on any atom is 0.337 e. The molecule has 0 N–H and O–H groups in total. The van der Waals surface area contributed by atoms with Crippen LogP contribution in [0.3, 0.4) is 0 Å². The van der Waals surface area contributed by atoms with E-state index in [1.807, 2.05) is 18.2 Å². The van der Waals surface area contributed by atoms with Crippen molar-refractivity contribution < 1.29 is 14.3 Å². The molecule has 118 valence electrons. The Labute approximate surface area is 135 Å². The normalized spacial score (nSPS) is 17.9. The minimum Gasteiger partial charge on any atom is -0.491 e. The van der Waals surface area contributed by atoms with E-state index < -0.39 is 0 Å². The predicted molar refractivity (Wildman–Crippen MR) is 87.9 cm³/mol. The number of nitrogens with zero attached hydrogens (tertiary/aromatic N) is 1. The second-order valence-electron chi connectivity index (χ2n) is 6.25. The van der Waals surface area contributed by atoms with E-state index >= 15 is 0 Å². The van der Waals surface area contributed by atoms with Crippen molar-refractivity contribution in [3.8, 4) is 5.75 Å². The van der Waals surface area contributed by atoms with Crippen molar-refractivity contribution in [2.45, 2.75) is 24.9 Å². The van der Waals surface area contributed by atoms with Gasteiger partial charge in [-0.1, -0.05) is 24.3 Å². The standard InChI is InChI=1S/C19H19NO3/c1-22-18(21)14-7-8-15-12-20(16-5-3-2-4-6-16)19(9-10-19)13-23-17(15)11-14/h2-8,11H,9-10,12-13H2,1H3. The van der Waals surface area contributed by atoms with Crippen LogP contribution in [0, 0.1) is 0 Å². The third-order valence-electron chi connectivity index (χ3n) is 4.78. The van der Waals surface area contributed by atoms with E-state index in [0.717, 1.165) is 30.7 Å². The lowest BCUT2D eigenvalue weighted by atomic mass is 10.1. The molecule has 4 rings (SSSR count). The summed E-state index contributed by atoms with van der Waals surface area (Å²) in [6.45, 7) is 1.44. The number of carbonyl (C=O) groups excluding carboxylic acids is 1. The topological polar surface area (TPSA) is 38.8 Å². The lowest BCUT2D eigenvalue weighted by Gasteiger charge is -2.31. The number of methoxy groups -OCH3 is 1. The van der Waals surface area contributed by atoms with Gasteiger partial charge in [0.2, 0.25) is 0 Å². The van der Waals surface area contributed by atoms with Gasteiger partial charge in [-0.15, -0.1) is 0 Å². The number of anilines is 1. The molecule has 4 heteroatoms. The molecular weight excluding hydrogens is 290 g/mol. The molecule has 2 aromatic carbocycles. The zero-order chi connectivity index (χ0) is 15.9. The summed E-state index contributed by atoms with van der Waals surface area (Å²) in [5.41, 5.74) is 2.94. The second-order valence-corrected chi connectivity index (χ2v) is 6.25. The summed E-state index contributed by atoms with van der Waals surface area (Å²) in [6, 6.07) is 16.0. The number of rotatable bonds is 2. The lowest BCUT2D eigenvalue weighted by molar-refractivity contribution is 0.0600. The fourth-order valence-corrected chi connectivity index (χ4v) is 3.22. The van der Waals surface area contributed by atoms with Crippen molar-refractivity contribution in [2.75, 3.05) is 18.6 Å². The Balaban J connectivity index is 1.71. The largest absolute Gasteiger partial charge is 0.491 e. The molecular formula is C19H19NO3. The van der Waals surface area contributed by atoms with Gasteiger partial charge >= 0.3 is 5.97 Å². The van der Waals surface area contributed by atoms with Crippen LogP contribution >= 0.6 is 0 Å². The Morgan fingerprint density at radius 1 is 1.17 bits per heavy atom. The molecule has 1 spiro atoms. The molecule has 0 bridgehead atoms. The van der Waals surface area contributed by atoms with Gasteiger partial charge in [0.05, 0.1) is 18.2 Å². The molecule has 1 heterocycles. The van der Waals surface area contributed by atoms with Gasteiger partial charge < -0.3 is 14.4 Å². The van der Waals surface area contributed by atoms with Crippen molar-refractivity contribution >= 4 is 11.7 Å². The van der Waals surface area contributed by atoms with Crippen LogP contribution in [-0.2, 0) is 11.3 Å². The van der Waals surface area contributed by atoms with E-state index in [1.54, 1.807) is 6.07 Å². The number of carbonyl (C=O) groups is 1. The highest BCUT2D eigenvalue weighted by Gasteiger charge is 2.50.